The molecule has 0 saturated heterocycles. The van der Waals surface area contributed by atoms with Crippen LogP contribution in [0.15, 0.2) is 24.3 Å². The molecule has 0 aliphatic heterocycles. The second kappa shape index (κ2) is 9.63. The first kappa shape index (κ1) is 18.7. The highest BCUT2D eigenvalue weighted by atomic mass is 16.6. The molecule has 25 heavy (non-hydrogen) atoms. The number of fused-ring (bicyclic) bond motifs is 1. The third-order valence-electron chi connectivity index (χ3n) is 3.45. The molecule has 0 unspecified atom stereocenters. The van der Waals surface area contributed by atoms with Crippen LogP contribution in [-0.2, 0) is 9.47 Å². The molecule has 1 aromatic heterocycles. The zero-order chi connectivity index (χ0) is 18.1. The molecule has 0 bridgehead atoms. The quantitative estimate of drug-likeness (QED) is 0.715. The van der Waals surface area contributed by atoms with Crippen LogP contribution in [0.3, 0.4) is 0 Å². The van der Waals surface area contributed by atoms with E-state index in [4.69, 9.17) is 9.47 Å². The van der Waals surface area contributed by atoms with E-state index in [0.717, 1.165) is 12.8 Å². The lowest BCUT2D eigenvalue weighted by molar-refractivity contribution is 0.0849. The molecule has 0 saturated carbocycles. The summed E-state index contributed by atoms with van der Waals surface area (Å²) in [4.78, 5) is 28.7. The lowest BCUT2D eigenvalue weighted by Gasteiger charge is -2.10. The van der Waals surface area contributed by atoms with E-state index in [1.807, 2.05) is 26.0 Å². The van der Waals surface area contributed by atoms with Gasteiger partial charge in [-0.25, -0.2) is 19.1 Å². The Kier molecular flexibility index (Phi) is 7.21. The summed E-state index contributed by atoms with van der Waals surface area (Å²) in [6.07, 6.45) is 1.17. The number of anilines is 1. The van der Waals surface area contributed by atoms with Crippen LogP contribution in [0.4, 0.5) is 15.5 Å². The van der Waals surface area contributed by atoms with Gasteiger partial charge in [-0.3, -0.25) is 5.32 Å². The molecule has 0 fully saturated rings. The van der Waals surface area contributed by atoms with Gasteiger partial charge in [0, 0.05) is 13.2 Å². The Balaban J connectivity index is 2.13. The van der Waals surface area contributed by atoms with Crippen molar-refractivity contribution in [1.82, 2.24) is 14.9 Å². The van der Waals surface area contributed by atoms with Crippen LogP contribution < -0.4 is 10.6 Å². The van der Waals surface area contributed by atoms with Gasteiger partial charge in [-0.15, -0.1) is 0 Å². The van der Waals surface area contributed by atoms with Gasteiger partial charge in [0.05, 0.1) is 17.6 Å². The number of hydrogen-bond acceptors (Lipinski definition) is 5. The number of benzene rings is 1. The topological polar surface area (TPSA) is 94.5 Å². The number of nitrogens with one attached hydrogen (secondary N) is 2. The van der Waals surface area contributed by atoms with E-state index >= 15 is 0 Å². The number of aromatic nitrogens is 2. The Labute approximate surface area is 146 Å². The fraction of sp³-hybridized carbons (Fsp3) is 0.471. The molecule has 0 atom stereocenters. The van der Waals surface area contributed by atoms with Crippen LogP contribution in [0.2, 0.25) is 0 Å². The third kappa shape index (κ3) is 5.18. The Bertz CT molecular complexity index is 714. The number of ether oxygens (including phenoxy) is 2. The van der Waals surface area contributed by atoms with Crippen molar-refractivity contribution < 1.29 is 19.1 Å². The average molecular weight is 348 g/mol. The Morgan fingerprint density at radius 3 is 2.76 bits per heavy atom. The van der Waals surface area contributed by atoms with Gasteiger partial charge in [-0.05, 0) is 25.5 Å². The largest absolute Gasteiger partial charge is 0.447 e. The minimum atomic E-state index is -0.683. The molecule has 2 N–H and O–H groups in total. The van der Waals surface area contributed by atoms with Crippen LogP contribution in [0, 0.1) is 0 Å². The first-order valence-corrected chi connectivity index (χ1v) is 8.44. The minimum Gasteiger partial charge on any atom is -0.447 e. The second-order valence-electron chi connectivity index (χ2n) is 5.30. The average Bonchev–Trinajstić information content (AvgIpc) is 2.96. The molecular weight excluding hydrogens is 324 g/mol. The molecular formula is C17H24N4O4. The fourth-order valence-corrected chi connectivity index (χ4v) is 2.23. The predicted molar refractivity (Wildman–Crippen MR) is 94.9 cm³/mol. The molecule has 0 aliphatic carbocycles. The fourth-order valence-electron chi connectivity index (χ4n) is 2.23. The van der Waals surface area contributed by atoms with Crippen molar-refractivity contribution >= 4 is 29.1 Å². The number of nitrogens with zero attached hydrogens (tertiary/aromatic N) is 2. The molecule has 1 heterocycles. The van der Waals surface area contributed by atoms with Gasteiger partial charge in [0.15, 0.2) is 0 Å². The number of para-hydroxylation sites is 2. The highest BCUT2D eigenvalue weighted by Crippen LogP contribution is 2.19. The molecule has 8 heteroatoms. The summed E-state index contributed by atoms with van der Waals surface area (Å²) in [7, 11) is 0. The predicted octanol–water partition coefficient (Wildman–Crippen LogP) is 2.98. The normalized spacial score (nSPS) is 10.6. The van der Waals surface area contributed by atoms with E-state index in [0.29, 0.717) is 30.8 Å². The number of rotatable bonds is 8. The number of amides is 2. The first-order valence-electron chi connectivity index (χ1n) is 8.44. The van der Waals surface area contributed by atoms with Crippen LogP contribution in [0.1, 0.15) is 26.7 Å². The van der Waals surface area contributed by atoms with E-state index in [1.54, 1.807) is 12.1 Å². The highest BCUT2D eigenvalue weighted by Gasteiger charge is 2.18. The maximum absolute atomic E-state index is 12.5. The van der Waals surface area contributed by atoms with Gasteiger partial charge in [0.1, 0.15) is 6.61 Å². The van der Waals surface area contributed by atoms with Crippen molar-refractivity contribution in [3.8, 4) is 0 Å². The highest BCUT2D eigenvalue weighted by molar-refractivity contribution is 5.96. The van der Waals surface area contributed by atoms with Crippen molar-refractivity contribution in [2.45, 2.75) is 26.7 Å². The smallest absolute Gasteiger partial charge is 0.414 e. The van der Waals surface area contributed by atoms with Crippen LogP contribution >= 0.6 is 0 Å². The number of carbonyl (C=O) groups is 2. The maximum Gasteiger partial charge on any atom is 0.414 e. The van der Waals surface area contributed by atoms with Crippen molar-refractivity contribution in [1.29, 1.82) is 0 Å². The lowest BCUT2D eigenvalue weighted by atomic mass is 10.3. The number of unbranched alkanes of at least 4 members (excludes halogenated alkanes) is 1. The summed E-state index contributed by atoms with van der Waals surface area (Å²) < 4.78 is 11.5. The summed E-state index contributed by atoms with van der Waals surface area (Å²) in [5, 5.41) is 5.35. The molecule has 1 aromatic carbocycles. The Morgan fingerprint density at radius 2 is 2.00 bits per heavy atom. The first-order chi connectivity index (χ1) is 12.2. The van der Waals surface area contributed by atoms with E-state index < -0.39 is 6.09 Å². The zero-order valence-corrected chi connectivity index (χ0v) is 14.6. The zero-order valence-electron chi connectivity index (χ0n) is 14.6. The molecule has 0 spiro atoms. The summed E-state index contributed by atoms with van der Waals surface area (Å²) in [6, 6.07) is 6.83. The van der Waals surface area contributed by atoms with Crippen molar-refractivity contribution in [2.24, 2.45) is 0 Å². The SMILES string of the molecule is CCCCNC(=O)n1c(NC(=O)OCCOCC)nc2ccccc21. The van der Waals surface area contributed by atoms with Gasteiger partial charge >= 0.3 is 12.1 Å². The number of imidazole rings is 1. The van der Waals surface area contributed by atoms with Crippen molar-refractivity contribution in [3.05, 3.63) is 24.3 Å². The van der Waals surface area contributed by atoms with E-state index in [-0.39, 0.29) is 18.6 Å². The number of hydrogen-bond donors (Lipinski definition) is 2. The third-order valence-corrected chi connectivity index (χ3v) is 3.45. The molecule has 2 rings (SSSR count). The van der Waals surface area contributed by atoms with E-state index in [2.05, 4.69) is 15.6 Å². The standard InChI is InChI=1S/C17H24N4O4/c1-3-5-10-18-16(22)21-14-9-7-6-8-13(14)19-15(21)20-17(23)25-12-11-24-4-2/h6-9H,3-5,10-12H2,1-2H3,(H,18,22)(H,19,20,23). The maximum atomic E-state index is 12.5. The van der Waals surface area contributed by atoms with Crippen LogP contribution in [0.25, 0.3) is 11.0 Å². The molecule has 0 radical (unpaired) electrons. The molecule has 8 nitrogen and oxygen atoms in total. The van der Waals surface area contributed by atoms with Gasteiger partial charge in [-0.1, -0.05) is 25.5 Å². The van der Waals surface area contributed by atoms with Crippen molar-refractivity contribution in [3.63, 3.8) is 0 Å². The Morgan fingerprint density at radius 1 is 1.20 bits per heavy atom. The summed E-state index contributed by atoms with van der Waals surface area (Å²) >= 11 is 0. The molecule has 2 amide bonds. The molecule has 136 valence electrons. The lowest BCUT2D eigenvalue weighted by Crippen LogP contribution is -2.31. The summed E-state index contributed by atoms with van der Waals surface area (Å²) in [6.45, 7) is 5.46. The van der Waals surface area contributed by atoms with Gasteiger partial charge in [0.25, 0.3) is 0 Å². The van der Waals surface area contributed by atoms with Crippen molar-refractivity contribution in [2.75, 3.05) is 31.7 Å². The molecule has 0 aliphatic rings. The minimum absolute atomic E-state index is 0.122. The van der Waals surface area contributed by atoms with Gasteiger partial charge in [-0.2, -0.15) is 0 Å². The van der Waals surface area contributed by atoms with Crippen LogP contribution in [-0.4, -0.2) is 48.0 Å². The van der Waals surface area contributed by atoms with Crippen LogP contribution in [0.5, 0.6) is 0 Å². The van der Waals surface area contributed by atoms with E-state index in [9.17, 15) is 9.59 Å². The van der Waals surface area contributed by atoms with Gasteiger partial charge in [0.2, 0.25) is 5.95 Å². The Hall–Kier alpha value is -2.61. The summed E-state index contributed by atoms with van der Waals surface area (Å²) in [5.74, 6) is 0.122. The number of carbonyl (C=O) groups excluding carboxylic acids is 2. The second-order valence-corrected chi connectivity index (χ2v) is 5.30. The molecule has 2 aromatic rings. The van der Waals surface area contributed by atoms with E-state index in [1.165, 1.54) is 4.57 Å². The monoisotopic (exact) mass is 348 g/mol. The summed E-state index contributed by atoms with van der Waals surface area (Å²) in [5.41, 5.74) is 1.22. The van der Waals surface area contributed by atoms with Gasteiger partial charge < -0.3 is 14.8 Å².